The van der Waals surface area contributed by atoms with Gasteiger partial charge in [-0.05, 0) is 54.8 Å². The lowest BCUT2D eigenvalue weighted by Gasteiger charge is -2.19. The fraction of sp³-hybridized carbons (Fsp3) is 0.273. The number of amides is 1. The monoisotopic (exact) mass is 395 g/mol. The number of aryl methyl sites for hydroxylation is 1. The first-order valence-corrected chi connectivity index (χ1v) is 10.4. The third-order valence-corrected chi connectivity index (χ3v) is 6.42. The number of H-pyrrole nitrogens is 1. The molecule has 1 N–H and O–H groups in total. The summed E-state index contributed by atoms with van der Waals surface area (Å²) in [7, 11) is 0. The van der Waals surface area contributed by atoms with Crippen LogP contribution in [0.3, 0.4) is 0 Å². The molecule has 4 nitrogen and oxygen atoms in total. The molecule has 0 saturated carbocycles. The first-order chi connectivity index (χ1) is 13.6. The van der Waals surface area contributed by atoms with Crippen molar-refractivity contribution in [3.8, 4) is 11.3 Å². The van der Waals surface area contributed by atoms with Crippen LogP contribution in [0.5, 0.6) is 0 Å². The van der Waals surface area contributed by atoms with Crippen LogP contribution in [-0.2, 0) is 0 Å². The molecule has 144 valence electrons. The predicted octanol–water partition coefficient (Wildman–Crippen LogP) is 4.84. The Morgan fingerprint density at radius 1 is 1.18 bits per heavy atom. The van der Waals surface area contributed by atoms with E-state index in [0.717, 1.165) is 30.8 Å². The summed E-state index contributed by atoms with van der Waals surface area (Å²) in [6.45, 7) is 3.58. The molecular formula is C22H22FN3OS. The van der Waals surface area contributed by atoms with Crippen molar-refractivity contribution in [1.82, 2.24) is 15.1 Å². The molecule has 1 aromatic heterocycles. The van der Waals surface area contributed by atoms with Crippen molar-refractivity contribution in [3.63, 3.8) is 0 Å². The van der Waals surface area contributed by atoms with Crippen molar-refractivity contribution in [3.05, 3.63) is 77.2 Å². The lowest BCUT2D eigenvalue weighted by atomic mass is 10.0. The summed E-state index contributed by atoms with van der Waals surface area (Å²) in [5.74, 6) is 0.580. The lowest BCUT2D eigenvalue weighted by molar-refractivity contribution is 0.0760. The van der Waals surface area contributed by atoms with Gasteiger partial charge in [0.25, 0.3) is 5.91 Å². The van der Waals surface area contributed by atoms with Crippen molar-refractivity contribution < 1.29 is 9.18 Å². The molecule has 1 saturated heterocycles. The molecule has 28 heavy (non-hydrogen) atoms. The summed E-state index contributed by atoms with van der Waals surface area (Å²) >= 11 is 1.92. The summed E-state index contributed by atoms with van der Waals surface area (Å²) in [5, 5.41) is 7.49. The standard InChI is InChI=1S/C22H22FN3OS/c1-15-4-2-3-5-18(15)21-10-11-26(12-13-28-21)22(27)20-14-19(24-25-20)16-6-8-17(23)9-7-16/h2-9,14,21H,10-13H2,1H3,(H,24,25). The third-order valence-electron chi connectivity index (χ3n) is 5.11. The number of carbonyl (C=O) groups is 1. The zero-order chi connectivity index (χ0) is 19.5. The fourth-order valence-electron chi connectivity index (χ4n) is 3.54. The number of aromatic nitrogens is 2. The average Bonchev–Trinajstić information content (AvgIpc) is 3.07. The second kappa shape index (κ2) is 8.19. The molecule has 2 heterocycles. The molecule has 1 aliphatic heterocycles. The molecule has 1 unspecified atom stereocenters. The maximum absolute atomic E-state index is 13.1. The molecule has 3 aromatic rings. The highest BCUT2D eigenvalue weighted by Crippen LogP contribution is 2.36. The Morgan fingerprint density at radius 2 is 1.96 bits per heavy atom. The number of thioether (sulfide) groups is 1. The highest BCUT2D eigenvalue weighted by atomic mass is 32.2. The van der Waals surface area contributed by atoms with Gasteiger partial charge >= 0.3 is 0 Å². The number of aromatic amines is 1. The quantitative estimate of drug-likeness (QED) is 0.690. The first-order valence-electron chi connectivity index (χ1n) is 9.39. The van der Waals surface area contributed by atoms with Gasteiger partial charge in [0.05, 0.1) is 5.69 Å². The number of nitrogens with zero attached hydrogens (tertiary/aromatic N) is 2. The van der Waals surface area contributed by atoms with Crippen molar-refractivity contribution in [2.75, 3.05) is 18.8 Å². The SMILES string of the molecule is Cc1ccccc1C1CCN(C(=O)c2cc(-c3ccc(F)cc3)n[nH]2)CCS1. The Hall–Kier alpha value is -2.60. The summed E-state index contributed by atoms with van der Waals surface area (Å²) in [4.78, 5) is 14.8. The lowest BCUT2D eigenvalue weighted by Crippen LogP contribution is -2.33. The maximum Gasteiger partial charge on any atom is 0.271 e. The minimum Gasteiger partial charge on any atom is -0.336 e. The van der Waals surface area contributed by atoms with Crippen LogP contribution in [-0.4, -0.2) is 39.8 Å². The zero-order valence-corrected chi connectivity index (χ0v) is 16.5. The van der Waals surface area contributed by atoms with E-state index in [1.54, 1.807) is 18.2 Å². The summed E-state index contributed by atoms with van der Waals surface area (Å²) in [5.41, 5.74) is 4.56. The molecule has 0 spiro atoms. The Bertz CT molecular complexity index is 970. The number of carbonyl (C=O) groups excluding carboxylic acids is 1. The van der Waals surface area contributed by atoms with Gasteiger partial charge in [0.2, 0.25) is 0 Å². The molecule has 6 heteroatoms. The summed E-state index contributed by atoms with van der Waals surface area (Å²) < 4.78 is 13.1. The molecule has 0 aliphatic carbocycles. The van der Waals surface area contributed by atoms with Gasteiger partial charge < -0.3 is 4.90 Å². The van der Waals surface area contributed by atoms with Crippen LogP contribution in [0.15, 0.2) is 54.6 Å². The minimum absolute atomic E-state index is 0.0353. The largest absolute Gasteiger partial charge is 0.336 e. The van der Waals surface area contributed by atoms with Gasteiger partial charge in [-0.2, -0.15) is 16.9 Å². The van der Waals surface area contributed by atoms with Crippen molar-refractivity contribution in [2.24, 2.45) is 0 Å². The van der Waals surface area contributed by atoms with E-state index < -0.39 is 0 Å². The fourth-order valence-corrected chi connectivity index (χ4v) is 4.87. The van der Waals surface area contributed by atoms with Gasteiger partial charge in [-0.1, -0.05) is 24.3 Å². The van der Waals surface area contributed by atoms with Gasteiger partial charge in [0.15, 0.2) is 0 Å². The smallest absolute Gasteiger partial charge is 0.271 e. The molecule has 1 fully saturated rings. The Balaban J connectivity index is 1.46. The van der Waals surface area contributed by atoms with E-state index >= 15 is 0 Å². The second-order valence-electron chi connectivity index (χ2n) is 6.97. The van der Waals surface area contributed by atoms with Crippen LogP contribution < -0.4 is 0 Å². The van der Waals surface area contributed by atoms with Crippen molar-refractivity contribution in [2.45, 2.75) is 18.6 Å². The van der Waals surface area contributed by atoms with Crippen LogP contribution >= 0.6 is 11.8 Å². The van der Waals surface area contributed by atoms with Gasteiger partial charge in [-0.3, -0.25) is 9.89 Å². The highest BCUT2D eigenvalue weighted by Gasteiger charge is 2.24. The molecule has 0 bridgehead atoms. The topological polar surface area (TPSA) is 49.0 Å². The van der Waals surface area contributed by atoms with E-state index in [2.05, 4.69) is 41.4 Å². The van der Waals surface area contributed by atoms with Gasteiger partial charge in [0, 0.05) is 29.7 Å². The molecule has 1 atom stereocenters. The van der Waals surface area contributed by atoms with E-state index in [1.165, 1.54) is 23.3 Å². The van der Waals surface area contributed by atoms with E-state index in [9.17, 15) is 9.18 Å². The van der Waals surface area contributed by atoms with E-state index in [4.69, 9.17) is 0 Å². The molecular weight excluding hydrogens is 373 g/mol. The molecule has 1 aliphatic rings. The normalized spacial score (nSPS) is 17.4. The average molecular weight is 396 g/mol. The van der Waals surface area contributed by atoms with E-state index in [-0.39, 0.29) is 11.7 Å². The predicted molar refractivity (Wildman–Crippen MR) is 111 cm³/mol. The van der Waals surface area contributed by atoms with Crippen LogP contribution in [0, 0.1) is 12.7 Å². The van der Waals surface area contributed by atoms with Crippen LogP contribution in [0.1, 0.15) is 33.3 Å². The highest BCUT2D eigenvalue weighted by molar-refractivity contribution is 7.99. The van der Waals surface area contributed by atoms with Crippen molar-refractivity contribution >= 4 is 17.7 Å². The van der Waals surface area contributed by atoms with Gasteiger partial charge in [0.1, 0.15) is 11.5 Å². The zero-order valence-electron chi connectivity index (χ0n) is 15.7. The first kappa shape index (κ1) is 18.7. The molecule has 1 amide bonds. The number of hydrogen-bond acceptors (Lipinski definition) is 3. The third kappa shape index (κ3) is 3.97. The minimum atomic E-state index is -0.291. The summed E-state index contributed by atoms with van der Waals surface area (Å²) in [6, 6.07) is 16.3. The van der Waals surface area contributed by atoms with E-state index in [1.807, 2.05) is 16.7 Å². The Labute approximate surface area is 168 Å². The Kier molecular flexibility index (Phi) is 5.48. The van der Waals surface area contributed by atoms with Crippen LogP contribution in [0.25, 0.3) is 11.3 Å². The number of rotatable bonds is 3. The molecule has 2 aromatic carbocycles. The van der Waals surface area contributed by atoms with Crippen molar-refractivity contribution in [1.29, 1.82) is 0 Å². The van der Waals surface area contributed by atoms with Crippen LogP contribution in [0.2, 0.25) is 0 Å². The van der Waals surface area contributed by atoms with Gasteiger partial charge in [-0.15, -0.1) is 0 Å². The van der Waals surface area contributed by atoms with Gasteiger partial charge in [-0.25, -0.2) is 4.39 Å². The molecule has 0 radical (unpaired) electrons. The summed E-state index contributed by atoms with van der Waals surface area (Å²) in [6.07, 6.45) is 0.931. The maximum atomic E-state index is 13.1. The second-order valence-corrected chi connectivity index (χ2v) is 8.28. The number of benzene rings is 2. The number of halogens is 1. The van der Waals surface area contributed by atoms with Crippen LogP contribution in [0.4, 0.5) is 4.39 Å². The Morgan fingerprint density at radius 3 is 2.75 bits per heavy atom. The number of hydrogen-bond donors (Lipinski definition) is 1. The van der Waals surface area contributed by atoms with E-state index in [0.29, 0.717) is 16.6 Å². The number of nitrogens with one attached hydrogen (secondary N) is 1. The molecule has 4 rings (SSSR count).